The fourth-order valence-electron chi connectivity index (χ4n) is 2.14. The average Bonchev–Trinajstić information content (AvgIpc) is 2.55. The number of unbranched alkanes of at least 4 members (excludes halogenated alkanes) is 1. The van der Waals surface area contributed by atoms with Crippen molar-refractivity contribution in [2.24, 2.45) is 5.29 Å². The van der Waals surface area contributed by atoms with Crippen LogP contribution in [0.1, 0.15) is 19.8 Å². The molecule has 0 aliphatic carbocycles. The van der Waals surface area contributed by atoms with Crippen molar-refractivity contribution in [3.63, 3.8) is 0 Å². The van der Waals surface area contributed by atoms with E-state index in [-0.39, 0.29) is 25.5 Å². The Hall–Kier alpha value is -1.90. The second-order valence-corrected chi connectivity index (χ2v) is 5.44. The monoisotopic (exact) mass is 347 g/mol. The van der Waals surface area contributed by atoms with Crippen molar-refractivity contribution in [3.05, 3.63) is 4.91 Å². The Kier molecular flexibility index (Phi) is 8.31. The fraction of sp³-hybridized carbons (Fsp3) is 0.769. The lowest BCUT2D eigenvalue weighted by Crippen LogP contribution is -2.55. The number of carbonyl (C=O) groups is 3. The number of rotatable bonds is 9. The minimum absolute atomic E-state index is 0.00437. The molecule has 0 radical (unpaired) electrons. The normalized spacial score (nSPS) is 14.9. The SMILES string of the molecule is CCCCN1CCN(CCNC(=O)N(CCCl)N=O)C(=O)C1=O. The van der Waals surface area contributed by atoms with Crippen molar-refractivity contribution in [2.45, 2.75) is 19.8 Å². The lowest BCUT2D eigenvalue weighted by Gasteiger charge is -2.33. The van der Waals surface area contributed by atoms with Crippen molar-refractivity contribution in [2.75, 3.05) is 45.1 Å². The van der Waals surface area contributed by atoms with Crippen LogP contribution in [0.25, 0.3) is 0 Å². The zero-order valence-corrected chi connectivity index (χ0v) is 13.9. The van der Waals surface area contributed by atoms with Gasteiger partial charge in [0, 0.05) is 38.6 Å². The molecule has 1 N–H and O–H groups in total. The number of nitrogens with zero attached hydrogens (tertiary/aromatic N) is 4. The van der Waals surface area contributed by atoms with Crippen LogP contribution < -0.4 is 5.32 Å². The van der Waals surface area contributed by atoms with Crippen molar-refractivity contribution in [3.8, 4) is 0 Å². The maximum atomic E-state index is 12.0. The van der Waals surface area contributed by atoms with Crippen LogP contribution in [-0.4, -0.2) is 77.8 Å². The molecular formula is C13H22ClN5O4. The van der Waals surface area contributed by atoms with E-state index in [2.05, 4.69) is 10.6 Å². The van der Waals surface area contributed by atoms with Gasteiger partial charge in [-0.15, -0.1) is 16.5 Å². The molecule has 9 nitrogen and oxygen atoms in total. The number of nitrogens with one attached hydrogen (secondary N) is 1. The van der Waals surface area contributed by atoms with E-state index in [0.29, 0.717) is 24.6 Å². The number of halogens is 1. The topological polar surface area (TPSA) is 102 Å². The second-order valence-electron chi connectivity index (χ2n) is 5.06. The Morgan fingerprint density at radius 1 is 1.26 bits per heavy atom. The molecule has 1 saturated heterocycles. The zero-order chi connectivity index (χ0) is 17.2. The number of nitroso groups, excluding NO2 is 1. The lowest BCUT2D eigenvalue weighted by atomic mass is 10.2. The van der Waals surface area contributed by atoms with Gasteiger partial charge in [0.1, 0.15) is 0 Å². The zero-order valence-electron chi connectivity index (χ0n) is 13.2. The summed E-state index contributed by atoms with van der Waals surface area (Å²) in [4.78, 5) is 49.0. The molecule has 1 fully saturated rings. The second kappa shape index (κ2) is 9.98. The molecule has 1 aliphatic rings. The van der Waals surface area contributed by atoms with Crippen molar-refractivity contribution in [1.82, 2.24) is 20.1 Å². The molecule has 4 amide bonds. The van der Waals surface area contributed by atoms with Gasteiger partial charge in [0.05, 0.1) is 11.8 Å². The van der Waals surface area contributed by atoms with E-state index in [1.54, 1.807) is 4.90 Å². The summed E-state index contributed by atoms with van der Waals surface area (Å²) in [6.45, 7) is 3.86. The van der Waals surface area contributed by atoms with Crippen LogP contribution in [0.2, 0.25) is 0 Å². The molecule has 0 aromatic carbocycles. The molecule has 10 heteroatoms. The van der Waals surface area contributed by atoms with E-state index in [9.17, 15) is 19.3 Å². The number of amides is 4. The predicted molar refractivity (Wildman–Crippen MR) is 84.7 cm³/mol. The van der Waals surface area contributed by atoms with Gasteiger partial charge in [-0.2, -0.15) is 5.01 Å². The van der Waals surface area contributed by atoms with Crippen LogP contribution in [0.5, 0.6) is 0 Å². The molecule has 1 aliphatic heterocycles. The van der Waals surface area contributed by atoms with Crippen LogP contribution in [-0.2, 0) is 9.59 Å². The Morgan fingerprint density at radius 3 is 2.39 bits per heavy atom. The molecule has 0 aromatic heterocycles. The van der Waals surface area contributed by atoms with Gasteiger partial charge in [-0.05, 0) is 6.42 Å². The Bertz CT molecular complexity index is 448. The maximum absolute atomic E-state index is 12.0. The maximum Gasteiger partial charge on any atom is 0.340 e. The van der Waals surface area contributed by atoms with Gasteiger partial charge >= 0.3 is 17.8 Å². The molecule has 0 atom stereocenters. The molecule has 1 rings (SSSR count). The molecule has 0 spiro atoms. The summed E-state index contributed by atoms with van der Waals surface area (Å²) in [5.74, 6) is -0.978. The highest BCUT2D eigenvalue weighted by Gasteiger charge is 2.31. The van der Waals surface area contributed by atoms with Gasteiger partial charge in [-0.3, -0.25) is 9.59 Å². The molecule has 130 valence electrons. The van der Waals surface area contributed by atoms with Crippen LogP contribution in [0.3, 0.4) is 0 Å². The van der Waals surface area contributed by atoms with Crippen LogP contribution in [0.15, 0.2) is 5.29 Å². The van der Waals surface area contributed by atoms with E-state index < -0.39 is 17.8 Å². The van der Waals surface area contributed by atoms with E-state index in [4.69, 9.17) is 11.6 Å². The molecule has 0 saturated carbocycles. The average molecular weight is 348 g/mol. The third kappa shape index (κ3) is 5.66. The number of alkyl halides is 1. The Morgan fingerprint density at radius 2 is 1.87 bits per heavy atom. The first-order chi connectivity index (χ1) is 11.0. The summed E-state index contributed by atoms with van der Waals surface area (Å²) >= 11 is 5.44. The summed E-state index contributed by atoms with van der Waals surface area (Å²) in [6.07, 6.45) is 1.82. The van der Waals surface area contributed by atoms with Crippen LogP contribution in [0, 0.1) is 4.91 Å². The minimum atomic E-state index is -0.680. The third-order valence-electron chi connectivity index (χ3n) is 3.47. The molecule has 0 aromatic rings. The van der Waals surface area contributed by atoms with Crippen LogP contribution in [0.4, 0.5) is 4.79 Å². The van der Waals surface area contributed by atoms with E-state index in [1.165, 1.54) is 4.90 Å². The first-order valence-electron chi connectivity index (χ1n) is 7.57. The summed E-state index contributed by atoms with van der Waals surface area (Å²) < 4.78 is 0. The largest absolute Gasteiger partial charge is 0.340 e. The van der Waals surface area contributed by atoms with Crippen molar-refractivity contribution >= 4 is 29.4 Å². The van der Waals surface area contributed by atoms with Crippen molar-refractivity contribution in [1.29, 1.82) is 0 Å². The molecule has 0 bridgehead atoms. The number of hydrogen-bond acceptors (Lipinski definition) is 5. The fourth-order valence-corrected chi connectivity index (χ4v) is 2.30. The predicted octanol–water partition coefficient (Wildman–Crippen LogP) is 0.389. The standard InChI is InChI=1S/C13H22ClN5O4/c1-2-3-6-17-9-10-18(12(21)11(17)20)8-5-15-13(22)19(16-23)7-4-14/h2-10H2,1H3,(H,15,22). The Balaban J connectivity index is 2.39. The highest BCUT2D eigenvalue weighted by Crippen LogP contribution is 2.06. The van der Waals surface area contributed by atoms with E-state index >= 15 is 0 Å². The smallest absolute Gasteiger partial charge is 0.335 e. The van der Waals surface area contributed by atoms with Crippen LogP contribution >= 0.6 is 11.6 Å². The molecule has 1 heterocycles. The van der Waals surface area contributed by atoms with E-state index in [0.717, 1.165) is 12.8 Å². The lowest BCUT2D eigenvalue weighted by molar-refractivity contribution is -0.155. The van der Waals surface area contributed by atoms with Gasteiger partial charge in [0.25, 0.3) is 0 Å². The molecular weight excluding hydrogens is 326 g/mol. The van der Waals surface area contributed by atoms with Crippen molar-refractivity contribution < 1.29 is 14.4 Å². The Labute approximate surface area is 139 Å². The van der Waals surface area contributed by atoms with Gasteiger partial charge < -0.3 is 15.1 Å². The summed E-state index contributed by atoms with van der Waals surface area (Å²) in [5, 5.41) is 5.69. The number of piperazine rings is 1. The van der Waals surface area contributed by atoms with Gasteiger partial charge in [0.2, 0.25) is 0 Å². The number of urea groups is 1. The van der Waals surface area contributed by atoms with Gasteiger partial charge in [0.15, 0.2) is 0 Å². The summed E-state index contributed by atoms with van der Waals surface area (Å²) in [5.41, 5.74) is 0. The summed E-state index contributed by atoms with van der Waals surface area (Å²) in [6, 6.07) is -0.680. The molecule has 0 unspecified atom stereocenters. The summed E-state index contributed by atoms with van der Waals surface area (Å²) in [7, 11) is 0. The number of hydrogen-bond donors (Lipinski definition) is 1. The quantitative estimate of drug-likeness (QED) is 0.282. The van der Waals surface area contributed by atoms with Gasteiger partial charge in [-0.1, -0.05) is 13.3 Å². The third-order valence-corrected chi connectivity index (χ3v) is 3.64. The highest BCUT2D eigenvalue weighted by atomic mass is 35.5. The minimum Gasteiger partial charge on any atom is -0.335 e. The first kappa shape index (κ1) is 19.1. The van der Waals surface area contributed by atoms with E-state index in [1.807, 2.05) is 6.92 Å². The molecule has 23 heavy (non-hydrogen) atoms. The highest BCUT2D eigenvalue weighted by molar-refractivity contribution is 6.35. The van der Waals surface area contributed by atoms with Gasteiger partial charge in [-0.25, -0.2) is 4.79 Å². The first-order valence-corrected chi connectivity index (χ1v) is 8.11. The number of carbonyl (C=O) groups excluding carboxylic acids is 3.